The van der Waals surface area contributed by atoms with Crippen molar-refractivity contribution in [2.24, 2.45) is 0 Å². The number of carbonyl (C=O) groups is 1. The number of anilines is 1. The zero-order chi connectivity index (χ0) is 26.2. The number of aliphatic hydroxyl groups is 1. The first-order chi connectivity index (χ1) is 17.7. The van der Waals surface area contributed by atoms with Crippen molar-refractivity contribution < 1.29 is 14.3 Å². The van der Waals surface area contributed by atoms with E-state index >= 15 is 0 Å². The lowest BCUT2D eigenvalue weighted by Crippen LogP contribution is -2.35. The highest BCUT2D eigenvalue weighted by Gasteiger charge is 2.40. The van der Waals surface area contributed by atoms with E-state index in [1.807, 2.05) is 0 Å². The highest BCUT2D eigenvalue weighted by molar-refractivity contribution is 5.75. The van der Waals surface area contributed by atoms with Gasteiger partial charge < -0.3 is 16.2 Å². The Bertz CT molecular complexity index is 1530. The Hall–Kier alpha value is -4.70. The molecule has 0 bridgehead atoms. The third-order valence-corrected chi connectivity index (χ3v) is 6.12. The first-order valence-corrected chi connectivity index (χ1v) is 11.5. The van der Waals surface area contributed by atoms with Gasteiger partial charge in [-0.3, -0.25) is 9.48 Å². The van der Waals surface area contributed by atoms with Crippen molar-refractivity contribution in [3.63, 3.8) is 0 Å². The number of hydrogen-bond acceptors (Lipinski definition) is 9. The van der Waals surface area contributed by atoms with Crippen molar-refractivity contribution >= 4 is 11.7 Å². The summed E-state index contributed by atoms with van der Waals surface area (Å²) in [4.78, 5) is 20.5. The summed E-state index contributed by atoms with van der Waals surface area (Å²) in [6.07, 6.45) is 4.56. The number of carbonyl (C=O) groups excluding carboxylic acids is 1. The molecule has 1 aliphatic rings. The summed E-state index contributed by atoms with van der Waals surface area (Å²) < 4.78 is 17.8. The minimum absolute atomic E-state index is 0.0132. The molecule has 12 nitrogen and oxygen atoms in total. The molecular weight excluding hydrogens is 479 g/mol. The van der Waals surface area contributed by atoms with Crippen LogP contribution < -0.4 is 11.1 Å². The number of halogens is 1. The maximum absolute atomic E-state index is 14.9. The molecule has 1 aromatic carbocycles. The average Bonchev–Trinajstić information content (AvgIpc) is 3.23. The topological polar surface area (TPSA) is 173 Å². The fraction of sp³-hybridized carbons (Fsp3) is 0.292. The van der Waals surface area contributed by atoms with Crippen LogP contribution in [0.15, 0.2) is 36.7 Å². The number of hydrogen-bond donors (Lipinski definition) is 3. The number of nitriles is 1. The Morgan fingerprint density at radius 3 is 2.86 bits per heavy atom. The van der Waals surface area contributed by atoms with Gasteiger partial charge >= 0.3 is 0 Å². The quantitative estimate of drug-likeness (QED) is 0.320. The summed E-state index contributed by atoms with van der Waals surface area (Å²) in [5.41, 5.74) is 7.38. The van der Waals surface area contributed by atoms with Crippen molar-refractivity contribution in [3.8, 4) is 28.8 Å². The van der Waals surface area contributed by atoms with Crippen LogP contribution in [0, 0.1) is 24.1 Å². The number of benzene rings is 1. The third-order valence-electron chi connectivity index (χ3n) is 6.12. The number of aromatic nitrogens is 7. The number of nitrogens with one attached hydrogen (secondary N) is 1. The molecule has 37 heavy (non-hydrogen) atoms. The molecule has 3 heterocycles. The summed E-state index contributed by atoms with van der Waals surface area (Å²) in [5.74, 6) is -1.25. The lowest BCUT2D eigenvalue weighted by Gasteiger charge is -2.09. The number of amides is 1. The fourth-order valence-corrected chi connectivity index (χ4v) is 3.77. The lowest BCUT2D eigenvalue weighted by atomic mass is 10.0. The van der Waals surface area contributed by atoms with Gasteiger partial charge in [0.2, 0.25) is 5.91 Å². The standard InChI is InChI=1S/C24H23FN10O2/c1-14-15(9-26)3-2-4-17(14)23-29-21(20(25)22(27)30-23)18-11-35(33-31-18)10-16-5-8-34(32-16)12-19(36)28-13-24(37)6-7-24/h2-5,8,11,37H,6-7,10,12-13H2,1H3,(H,28,36)(H2,27,29,30). The molecule has 0 aliphatic heterocycles. The minimum atomic E-state index is -0.823. The summed E-state index contributed by atoms with van der Waals surface area (Å²) in [6.45, 7) is 2.22. The molecule has 3 aromatic heterocycles. The highest BCUT2D eigenvalue weighted by atomic mass is 19.1. The molecule has 13 heteroatoms. The van der Waals surface area contributed by atoms with Gasteiger partial charge in [0.25, 0.3) is 0 Å². The van der Waals surface area contributed by atoms with E-state index < -0.39 is 11.4 Å². The van der Waals surface area contributed by atoms with E-state index in [9.17, 15) is 19.6 Å². The predicted molar refractivity (Wildman–Crippen MR) is 129 cm³/mol. The van der Waals surface area contributed by atoms with E-state index in [1.165, 1.54) is 15.6 Å². The van der Waals surface area contributed by atoms with Crippen molar-refractivity contribution in [2.45, 2.75) is 38.5 Å². The number of nitrogen functional groups attached to an aromatic ring is 1. The highest BCUT2D eigenvalue weighted by Crippen LogP contribution is 2.34. The van der Waals surface area contributed by atoms with Gasteiger partial charge in [-0.05, 0) is 37.5 Å². The van der Waals surface area contributed by atoms with E-state index in [-0.39, 0.29) is 48.6 Å². The van der Waals surface area contributed by atoms with Gasteiger partial charge in [-0.1, -0.05) is 17.3 Å². The molecule has 1 saturated carbocycles. The number of nitrogens with zero attached hydrogens (tertiary/aromatic N) is 8. The normalized spacial score (nSPS) is 13.8. The monoisotopic (exact) mass is 502 g/mol. The van der Waals surface area contributed by atoms with Crippen molar-refractivity contribution in [3.05, 3.63) is 59.3 Å². The molecule has 0 radical (unpaired) electrons. The van der Waals surface area contributed by atoms with Gasteiger partial charge in [0, 0.05) is 18.3 Å². The van der Waals surface area contributed by atoms with Crippen molar-refractivity contribution in [1.29, 1.82) is 5.26 Å². The first-order valence-electron chi connectivity index (χ1n) is 11.5. The Labute approximate surface area is 210 Å². The predicted octanol–water partition coefficient (Wildman–Crippen LogP) is 1.19. The summed E-state index contributed by atoms with van der Waals surface area (Å²) in [7, 11) is 0. The van der Waals surface area contributed by atoms with Gasteiger partial charge in [0.1, 0.15) is 17.9 Å². The van der Waals surface area contributed by atoms with Crippen LogP contribution >= 0.6 is 0 Å². The second-order valence-corrected chi connectivity index (χ2v) is 8.99. The largest absolute Gasteiger partial charge is 0.388 e. The average molecular weight is 503 g/mol. The number of rotatable bonds is 8. The van der Waals surface area contributed by atoms with Crippen LogP contribution in [0.2, 0.25) is 0 Å². The smallest absolute Gasteiger partial charge is 0.241 e. The lowest BCUT2D eigenvalue weighted by molar-refractivity contribution is -0.122. The zero-order valence-corrected chi connectivity index (χ0v) is 19.9. The maximum Gasteiger partial charge on any atom is 0.241 e. The summed E-state index contributed by atoms with van der Waals surface area (Å²) in [5, 5.41) is 34.3. The molecule has 4 aromatic rings. The van der Waals surface area contributed by atoms with Gasteiger partial charge in [-0.25, -0.2) is 19.0 Å². The second-order valence-electron chi connectivity index (χ2n) is 8.99. The third kappa shape index (κ3) is 5.14. The Kier molecular flexibility index (Phi) is 6.10. The molecule has 4 N–H and O–H groups in total. The molecule has 0 unspecified atom stereocenters. The molecule has 0 spiro atoms. The van der Waals surface area contributed by atoms with Crippen LogP contribution in [-0.4, -0.2) is 57.9 Å². The molecule has 1 fully saturated rings. The van der Waals surface area contributed by atoms with Crippen LogP contribution in [0.1, 0.15) is 29.7 Å². The second kappa shape index (κ2) is 9.40. The van der Waals surface area contributed by atoms with E-state index in [0.29, 0.717) is 35.2 Å². The maximum atomic E-state index is 14.9. The molecule has 0 saturated heterocycles. The van der Waals surface area contributed by atoms with Gasteiger partial charge in [-0.2, -0.15) is 10.4 Å². The molecule has 188 valence electrons. The summed E-state index contributed by atoms with van der Waals surface area (Å²) >= 11 is 0. The number of nitrogens with two attached hydrogens (primary N) is 1. The molecule has 1 aliphatic carbocycles. The molecule has 1 amide bonds. The van der Waals surface area contributed by atoms with Crippen LogP contribution in [0.5, 0.6) is 0 Å². The molecular formula is C24H23FN10O2. The Balaban J connectivity index is 1.32. The van der Waals surface area contributed by atoms with Crippen molar-refractivity contribution in [2.75, 3.05) is 12.3 Å². The van der Waals surface area contributed by atoms with Crippen LogP contribution in [0.4, 0.5) is 10.2 Å². The van der Waals surface area contributed by atoms with E-state index in [4.69, 9.17) is 5.73 Å². The van der Waals surface area contributed by atoms with Crippen molar-refractivity contribution in [1.82, 2.24) is 40.1 Å². The van der Waals surface area contributed by atoms with Crippen LogP contribution in [0.3, 0.4) is 0 Å². The first kappa shape index (κ1) is 24.0. The van der Waals surface area contributed by atoms with E-state index in [0.717, 1.165) is 0 Å². The summed E-state index contributed by atoms with van der Waals surface area (Å²) in [6, 6.07) is 8.93. The van der Waals surface area contributed by atoms with Gasteiger partial charge in [0.15, 0.2) is 17.5 Å². The Morgan fingerprint density at radius 2 is 2.11 bits per heavy atom. The van der Waals surface area contributed by atoms with Gasteiger partial charge in [0.05, 0.1) is 35.7 Å². The molecule has 5 rings (SSSR count). The van der Waals surface area contributed by atoms with Crippen LogP contribution in [-0.2, 0) is 17.9 Å². The van der Waals surface area contributed by atoms with E-state index in [2.05, 4.69) is 36.8 Å². The van der Waals surface area contributed by atoms with Crippen LogP contribution in [0.25, 0.3) is 22.8 Å². The van der Waals surface area contributed by atoms with Gasteiger partial charge in [-0.15, -0.1) is 5.10 Å². The SMILES string of the molecule is Cc1c(C#N)cccc1-c1nc(N)c(F)c(-c2cn(Cc3ccn(CC(=O)NCC4(O)CC4)n3)nn2)n1. The van der Waals surface area contributed by atoms with E-state index in [1.54, 1.807) is 37.4 Å². The fourth-order valence-electron chi connectivity index (χ4n) is 3.77. The minimum Gasteiger partial charge on any atom is -0.388 e. The Morgan fingerprint density at radius 1 is 1.30 bits per heavy atom. The zero-order valence-electron chi connectivity index (χ0n) is 19.9. The molecule has 0 atom stereocenters.